The van der Waals surface area contributed by atoms with Gasteiger partial charge in [-0.2, -0.15) is 4.98 Å². The number of amides is 1. The second-order valence-corrected chi connectivity index (χ2v) is 6.25. The average Bonchev–Trinajstić information content (AvgIpc) is 2.56. The fourth-order valence-electron chi connectivity index (χ4n) is 2.72. The molecule has 1 saturated heterocycles. The molecule has 6 nitrogen and oxygen atoms in total. The number of rotatable bonds is 5. The van der Waals surface area contributed by atoms with E-state index >= 15 is 0 Å². The van der Waals surface area contributed by atoms with Gasteiger partial charge in [0.1, 0.15) is 5.82 Å². The molecule has 1 aromatic carbocycles. The summed E-state index contributed by atoms with van der Waals surface area (Å²) in [6, 6.07) is 6.33. The normalized spacial score (nSPS) is 15.0. The van der Waals surface area contributed by atoms with Crippen LogP contribution in [0.5, 0.6) is 5.88 Å². The molecule has 0 unspecified atom stereocenters. The number of halogens is 1. The van der Waals surface area contributed by atoms with Gasteiger partial charge in [-0.25, -0.2) is 4.39 Å². The number of anilines is 1. The van der Waals surface area contributed by atoms with E-state index in [1.165, 1.54) is 12.1 Å². The molecule has 1 aliphatic heterocycles. The van der Waals surface area contributed by atoms with Crippen molar-refractivity contribution in [2.75, 3.05) is 24.5 Å². The van der Waals surface area contributed by atoms with Crippen molar-refractivity contribution in [1.82, 2.24) is 14.9 Å². The molecule has 1 aromatic heterocycles. The molecule has 0 spiro atoms. The van der Waals surface area contributed by atoms with Crippen molar-refractivity contribution in [2.24, 2.45) is 0 Å². The summed E-state index contributed by atoms with van der Waals surface area (Å²) < 4.78 is 18.8. The van der Waals surface area contributed by atoms with Gasteiger partial charge in [0.05, 0.1) is 25.0 Å². The van der Waals surface area contributed by atoms with Gasteiger partial charge in [0, 0.05) is 19.6 Å². The molecular formula is C18H21FN4O2. The van der Waals surface area contributed by atoms with E-state index in [4.69, 9.17) is 4.74 Å². The maximum Gasteiger partial charge on any atom is 0.242 e. The topological polar surface area (TPSA) is 58.6 Å². The second kappa shape index (κ2) is 7.46. The zero-order chi connectivity index (χ0) is 17.8. The van der Waals surface area contributed by atoms with Gasteiger partial charge in [-0.05, 0) is 31.5 Å². The smallest absolute Gasteiger partial charge is 0.242 e. The van der Waals surface area contributed by atoms with Gasteiger partial charge in [-0.1, -0.05) is 12.1 Å². The molecule has 0 atom stereocenters. The lowest BCUT2D eigenvalue weighted by molar-refractivity contribution is -0.131. The monoisotopic (exact) mass is 344 g/mol. The van der Waals surface area contributed by atoms with E-state index in [0.29, 0.717) is 31.3 Å². The fraction of sp³-hybridized carbons (Fsp3) is 0.389. The van der Waals surface area contributed by atoms with Crippen LogP contribution in [0.1, 0.15) is 19.4 Å². The lowest BCUT2D eigenvalue weighted by atomic mass is 10.2. The Hall–Kier alpha value is -2.70. The minimum atomic E-state index is -0.291. The predicted molar refractivity (Wildman–Crippen MR) is 91.8 cm³/mol. The Morgan fingerprint density at radius 2 is 2.12 bits per heavy atom. The Labute approximate surface area is 146 Å². The molecule has 0 N–H and O–H groups in total. The van der Waals surface area contributed by atoms with Crippen LogP contribution in [0, 0.1) is 5.82 Å². The van der Waals surface area contributed by atoms with E-state index in [9.17, 15) is 9.18 Å². The quantitative estimate of drug-likeness (QED) is 0.833. The molecule has 0 aliphatic carbocycles. The third-order valence-electron chi connectivity index (χ3n) is 3.86. The first-order valence-electron chi connectivity index (χ1n) is 8.27. The van der Waals surface area contributed by atoms with Crippen LogP contribution >= 0.6 is 0 Å². The Morgan fingerprint density at radius 1 is 1.28 bits per heavy atom. The highest BCUT2D eigenvalue weighted by Gasteiger charge is 2.25. The molecule has 1 aliphatic rings. The summed E-state index contributed by atoms with van der Waals surface area (Å²) in [5.41, 5.74) is 0.786. The van der Waals surface area contributed by atoms with Gasteiger partial charge >= 0.3 is 0 Å². The predicted octanol–water partition coefficient (Wildman–Crippen LogP) is 2.25. The van der Waals surface area contributed by atoms with Gasteiger partial charge < -0.3 is 14.5 Å². The van der Waals surface area contributed by atoms with Crippen LogP contribution in [0.2, 0.25) is 0 Å². The number of carbonyl (C=O) groups excluding carboxylic acids is 1. The Morgan fingerprint density at radius 3 is 2.84 bits per heavy atom. The number of aromatic nitrogens is 2. The zero-order valence-corrected chi connectivity index (χ0v) is 14.4. The van der Waals surface area contributed by atoms with Gasteiger partial charge in [-0.15, -0.1) is 0 Å². The maximum absolute atomic E-state index is 13.3. The number of benzene rings is 1. The van der Waals surface area contributed by atoms with Gasteiger partial charge in [0.25, 0.3) is 0 Å². The third kappa shape index (κ3) is 4.43. The van der Waals surface area contributed by atoms with Crippen LogP contribution in [-0.4, -0.2) is 46.5 Å². The van der Waals surface area contributed by atoms with Crippen molar-refractivity contribution in [1.29, 1.82) is 0 Å². The van der Waals surface area contributed by atoms with Crippen LogP contribution in [0.15, 0.2) is 36.7 Å². The first-order chi connectivity index (χ1) is 12.0. The van der Waals surface area contributed by atoms with Crippen LogP contribution in [-0.2, 0) is 11.3 Å². The molecule has 3 rings (SSSR count). The summed E-state index contributed by atoms with van der Waals surface area (Å²) in [5.74, 6) is 0.757. The average molecular weight is 344 g/mol. The fourth-order valence-corrected chi connectivity index (χ4v) is 2.72. The Bertz CT molecular complexity index is 753. The number of carbonyl (C=O) groups is 1. The van der Waals surface area contributed by atoms with Crippen molar-refractivity contribution < 1.29 is 13.9 Å². The van der Waals surface area contributed by atoms with E-state index < -0.39 is 0 Å². The highest BCUT2D eigenvalue weighted by atomic mass is 19.1. The van der Waals surface area contributed by atoms with E-state index in [1.54, 1.807) is 23.4 Å². The van der Waals surface area contributed by atoms with Crippen molar-refractivity contribution in [3.05, 3.63) is 48.0 Å². The number of ether oxygens (including phenoxy) is 1. The highest BCUT2D eigenvalue weighted by Crippen LogP contribution is 2.18. The van der Waals surface area contributed by atoms with Gasteiger partial charge in [-0.3, -0.25) is 9.78 Å². The van der Waals surface area contributed by atoms with E-state index in [2.05, 4.69) is 9.97 Å². The van der Waals surface area contributed by atoms with Crippen molar-refractivity contribution in [2.45, 2.75) is 26.5 Å². The largest absolute Gasteiger partial charge is 0.474 e. The van der Waals surface area contributed by atoms with Gasteiger partial charge in [0.2, 0.25) is 11.8 Å². The van der Waals surface area contributed by atoms with E-state index in [0.717, 1.165) is 5.56 Å². The summed E-state index contributed by atoms with van der Waals surface area (Å²) in [6.45, 7) is 5.65. The molecule has 25 heavy (non-hydrogen) atoms. The molecule has 2 aromatic rings. The second-order valence-electron chi connectivity index (χ2n) is 6.25. The molecule has 1 fully saturated rings. The van der Waals surface area contributed by atoms with E-state index in [1.807, 2.05) is 24.8 Å². The van der Waals surface area contributed by atoms with Crippen LogP contribution in [0.3, 0.4) is 0 Å². The third-order valence-corrected chi connectivity index (χ3v) is 3.86. The molecular weight excluding hydrogens is 323 g/mol. The van der Waals surface area contributed by atoms with E-state index in [-0.39, 0.29) is 24.4 Å². The maximum atomic E-state index is 13.3. The first kappa shape index (κ1) is 17.1. The molecule has 7 heteroatoms. The molecule has 1 amide bonds. The SMILES string of the molecule is CC(C)Oc1cncc(N2CCN(Cc3cccc(F)c3)C(=O)C2)n1. The Kier molecular flexibility index (Phi) is 5.11. The summed E-state index contributed by atoms with van der Waals surface area (Å²) in [4.78, 5) is 24.6. The zero-order valence-electron chi connectivity index (χ0n) is 14.4. The highest BCUT2D eigenvalue weighted by molar-refractivity contribution is 5.82. The standard InChI is InChI=1S/C18H21FN4O2/c1-13(2)25-17-10-20-9-16(21-17)22-6-7-23(18(24)12-22)11-14-4-3-5-15(19)8-14/h3-5,8-10,13H,6-7,11-12H2,1-2H3. The Balaban J connectivity index is 1.64. The lowest BCUT2D eigenvalue weighted by Gasteiger charge is -2.35. The summed E-state index contributed by atoms with van der Waals surface area (Å²) in [5, 5.41) is 0. The first-order valence-corrected chi connectivity index (χ1v) is 8.27. The van der Waals surface area contributed by atoms with Crippen LogP contribution < -0.4 is 9.64 Å². The summed E-state index contributed by atoms with van der Waals surface area (Å²) in [7, 11) is 0. The summed E-state index contributed by atoms with van der Waals surface area (Å²) in [6.07, 6.45) is 3.20. The molecule has 0 bridgehead atoms. The molecule has 132 valence electrons. The van der Waals surface area contributed by atoms with Crippen molar-refractivity contribution in [3.63, 3.8) is 0 Å². The van der Waals surface area contributed by atoms with Crippen molar-refractivity contribution in [3.8, 4) is 5.88 Å². The van der Waals surface area contributed by atoms with Crippen LogP contribution in [0.4, 0.5) is 10.2 Å². The summed E-state index contributed by atoms with van der Waals surface area (Å²) >= 11 is 0. The van der Waals surface area contributed by atoms with Crippen LogP contribution in [0.25, 0.3) is 0 Å². The minimum absolute atomic E-state index is 0.00861. The number of hydrogen-bond donors (Lipinski definition) is 0. The number of nitrogens with zero attached hydrogens (tertiary/aromatic N) is 4. The molecule has 2 heterocycles. The van der Waals surface area contributed by atoms with Gasteiger partial charge in [0.15, 0.2) is 5.82 Å². The van der Waals surface area contributed by atoms with Crippen molar-refractivity contribution >= 4 is 11.7 Å². The number of piperazine rings is 1. The molecule has 0 radical (unpaired) electrons. The molecule has 0 saturated carbocycles. The lowest BCUT2D eigenvalue weighted by Crippen LogP contribution is -2.50. The number of hydrogen-bond acceptors (Lipinski definition) is 5. The minimum Gasteiger partial charge on any atom is -0.474 e.